The molecule has 0 spiro atoms. The number of anilines is 1. The molecule has 0 bridgehead atoms. The average molecular weight is 351 g/mol. The molecule has 1 atom stereocenters. The van der Waals surface area contributed by atoms with Crippen LogP contribution in [-0.4, -0.2) is 30.4 Å². The van der Waals surface area contributed by atoms with Crippen molar-refractivity contribution in [3.63, 3.8) is 0 Å². The van der Waals surface area contributed by atoms with Crippen molar-refractivity contribution in [1.82, 2.24) is 4.90 Å². The first-order chi connectivity index (χ1) is 12.5. The highest BCUT2D eigenvalue weighted by Crippen LogP contribution is 2.36. The van der Waals surface area contributed by atoms with Crippen molar-refractivity contribution in [2.45, 2.75) is 13.0 Å². The van der Waals surface area contributed by atoms with Crippen LogP contribution in [0.4, 0.5) is 5.69 Å². The van der Waals surface area contributed by atoms with E-state index in [4.69, 9.17) is 15.2 Å². The third kappa shape index (κ3) is 2.62. The number of carbonyl (C=O) groups excluding carboxylic acids is 2. The number of fused-ring (bicyclic) bond motifs is 1. The third-order valence-electron chi connectivity index (χ3n) is 4.16. The predicted octanol–water partition coefficient (Wildman–Crippen LogP) is 2.54. The van der Waals surface area contributed by atoms with Crippen molar-refractivity contribution in [1.29, 1.82) is 5.26 Å². The Balaban J connectivity index is 2.05. The fourth-order valence-electron chi connectivity index (χ4n) is 2.98. The normalized spacial score (nSPS) is 14.0. The lowest BCUT2D eigenvalue weighted by molar-refractivity contribution is 0.0618. The highest BCUT2D eigenvalue weighted by Gasteiger charge is 2.42. The molecule has 0 fully saturated rings. The largest absolute Gasteiger partial charge is 0.493 e. The SMILES string of the molecule is CCOc1cc(C(C#N)N2C(=O)c3cccc(N)c3C2=O)ccc1OC. The molecule has 26 heavy (non-hydrogen) atoms. The van der Waals surface area contributed by atoms with Gasteiger partial charge in [-0.05, 0) is 36.8 Å². The van der Waals surface area contributed by atoms with Gasteiger partial charge in [-0.15, -0.1) is 0 Å². The van der Waals surface area contributed by atoms with Gasteiger partial charge in [0, 0.05) is 5.69 Å². The maximum absolute atomic E-state index is 12.8. The Hall–Kier alpha value is -3.53. The average Bonchev–Trinajstić information content (AvgIpc) is 2.89. The van der Waals surface area contributed by atoms with E-state index in [0.717, 1.165) is 4.90 Å². The van der Waals surface area contributed by atoms with E-state index in [1.54, 1.807) is 30.3 Å². The molecular weight excluding hydrogens is 334 g/mol. The standard InChI is InChI=1S/C19H17N3O4/c1-3-26-16-9-11(7-8-15(16)25-2)14(10-20)22-18(23)12-5-4-6-13(21)17(12)19(22)24/h4-9,14H,3,21H2,1-2H3. The summed E-state index contributed by atoms with van der Waals surface area (Å²) in [5, 5.41) is 9.67. The monoisotopic (exact) mass is 351 g/mol. The zero-order chi connectivity index (χ0) is 18.8. The minimum atomic E-state index is -1.10. The van der Waals surface area contributed by atoms with E-state index >= 15 is 0 Å². The fourth-order valence-corrected chi connectivity index (χ4v) is 2.98. The Kier molecular flexibility index (Phi) is 4.50. The molecule has 1 aliphatic rings. The van der Waals surface area contributed by atoms with E-state index in [0.29, 0.717) is 23.7 Å². The molecule has 0 radical (unpaired) electrons. The highest BCUT2D eigenvalue weighted by molar-refractivity contribution is 6.23. The van der Waals surface area contributed by atoms with Crippen LogP contribution in [0.1, 0.15) is 39.2 Å². The summed E-state index contributed by atoms with van der Waals surface area (Å²) in [6, 6.07) is 10.5. The van der Waals surface area contributed by atoms with Gasteiger partial charge in [0.15, 0.2) is 17.5 Å². The van der Waals surface area contributed by atoms with Gasteiger partial charge in [-0.2, -0.15) is 5.26 Å². The van der Waals surface area contributed by atoms with Gasteiger partial charge in [-0.1, -0.05) is 12.1 Å². The lowest BCUT2D eigenvalue weighted by atomic mass is 10.1. The Morgan fingerprint density at radius 1 is 1.19 bits per heavy atom. The fraction of sp³-hybridized carbons (Fsp3) is 0.211. The van der Waals surface area contributed by atoms with E-state index in [1.807, 2.05) is 13.0 Å². The van der Waals surface area contributed by atoms with Crippen LogP contribution in [-0.2, 0) is 0 Å². The summed E-state index contributed by atoms with van der Waals surface area (Å²) >= 11 is 0. The van der Waals surface area contributed by atoms with Crippen molar-refractivity contribution in [3.05, 3.63) is 53.1 Å². The van der Waals surface area contributed by atoms with Crippen LogP contribution >= 0.6 is 0 Å². The third-order valence-corrected chi connectivity index (χ3v) is 4.16. The number of rotatable bonds is 5. The Bertz CT molecular complexity index is 933. The molecule has 0 aliphatic carbocycles. The Morgan fingerprint density at radius 2 is 1.96 bits per heavy atom. The van der Waals surface area contributed by atoms with E-state index in [2.05, 4.69) is 0 Å². The van der Waals surface area contributed by atoms with Crippen molar-refractivity contribution < 1.29 is 19.1 Å². The minimum Gasteiger partial charge on any atom is -0.493 e. The Labute approximate surface area is 150 Å². The molecule has 1 aliphatic heterocycles. The number of nitrogens with two attached hydrogens (primary N) is 1. The molecule has 2 aromatic rings. The summed E-state index contributed by atoms with van der Waals surface area (Å²) in [5.41, 5.74) is 6.85. The van der Waals surface area contributed by atoms with Crippen LogP contribution in [0.25, 0.3) is 0 Å². The van der Waals surface area contributed by atoms with Crippen LogP contribution in [0.5, 0.6) is 11.5 Å². The van der Waals surface area contributed by atoms with Crippen LogP contribution < -0.4 is 15.2 Å². The lowest BCUT2D eigenvalue weighted by Crippen LogP contribution is -2.33. The van der Waals surface area contributed by atoms with Gasteiger partial charge < -0.3 is 15.2 Å². The van der Waals surface area contributed by atoms with Crippen molar-refractivity contribution >= 4 is 17.5 Å². The second kappa shape index (κ2) is 6.76. The quantitative estimate of drug-likeness (QED) is 0.655. The number of hydrogen-bond donors (Lipinski definition) is 1. The first-order valence-electron chi connectivity index (χ1n) is 8.00. The minimum absolute atomic E-state index is 0.135. The summed E-state index contributed by atoms with van der Waals surface area (Å²) in [7, 11) is 1.51. The number of methoxy groups -OCH3 is 1. The highest BCUT2D eigenvalue weighted by atomic mass is 16.5. The van der Waals surface area contributed by atoms with Gasteiger partial charge in [-0.3, -0.25) is 14.5 Å². The number of carbonyl (C=O) groups is 2. The number of nitriles is 1. The first kappa shape index (κ1) is 17.3. The van der Waals surface area contributed by atoms with E-state index in [9.17, 15) is 14.9 Å². The molecule has 1 unspecified atom stereocenters. The van der Waals surface area contributed by atoms with Gasteiger partial charge in [0.2, 0.25) is 0 Å². The molecule has 1 heterocycles. The first-order valence-corrected chi connectivity index (χ1v) is 8.00. The van der Waals surface area contributed by atoms with Crippen molar-refractivity contribution in [2.24, 2.45) is 0 Å². The summed E-state index contributed by atoms with van der Waals surface area (Å²) in [6.45, 7) is 2.22. The molecule has 3 rings (SSSR count). The van der Waals surface area contributed by atoms with Crippen molar-refractivity contribution in [3.8, 4) is 17.6 Å². The molecule has 7 nitrogen and oxygen atoms in total. The summed E-state index contributed by atoms with van der Waals surface area (Å²) in [6.07, 6.45) is 0. The van der Waals surface area contributed by atoms with Crippen LogP contribution in [0.15, 0.2) is 36.4 Å². The van der Waals surface area contributed by atoms with Crippen LogP contribution in [0.3, 0.4) is 0 Å². The molecular formula is C19H17N3O4. The molecule has 2 amide bonds. The molecule has 132 valence electrons. The molecule has 7 heteroatoms. The summed E-state index contributed by atoms with van der Waals surface area (Å²) < 4.78 is 10.7. The number of imide groups is 1. The molecule has 0 aromatic heterocycles. The maximum Gasteiger partial charge on any atom is 0.265 e. The predicted molar refractivity (Wildman–Crippen MR) is 93.9 cm³/mol. The van der Waals surface area contributed by atoms with Crippen LogP contribution in [0.2, 0.25) is 0 Å². The molecule has 2 aromatic carbocycles. The van der Waals surface area contributed by atoms with Crippen LogP contribution in [0, 0.1) is 11.3 Å². The van der Waals surface area contributed by atoms with E-state index in [1.165, 1.54) is 13.2 Å². The van der Waals surface area contributed by atoms with Gasteiger partial charge in [-0.25, -0.2) is 0 Å². The molecule has 0 saturated heterocycles. The number of amides is 2. The number of hydrogen-bond acceptors (Lipinski definition) is 6. The second-order valence-corrected chi connectivity index (χ2v) is 5.63. The number of benzene rings is 2. The van der Waals surface area contributed by atoms with E-state index in [-0.39, 0.29) is 16.8 Å². The number of nitrogen functional groups attached to an aromatic ring is 1. The lowest BCUT2D eigenvalue weighted by Gasteiger charge is -2.21. The Morgan fingerprint density at radius 3 is 2.58 bits per heavy atom. The summed E-state index contributed by atoms with van der Waals surface area (Å²) in [4.78, 5) is 26.4. The topological polar surface area (TPSA) is 106 Å². The van der Waals surface area contributed by atoms with Crippen molar-refractivity contribution in [2.75, 3.05) is 19.5 Å². The number of nitrogens with zero attached hydrogens (tertiary/aromatic N) is 2. The van der Waals surface area contributed by atoms with Gasteiger partial charge in [0.1, 0.15) is 0 Å². The smallest absolute Gasteiger partial charge is 0.265 e. The van der Waals surface area contributed by atoms with E-state index < -0.39 is 17.9 Å². The van der Waals surface area contributed by atoms with Gasteiger partial charge in [0.05, 0.1) is 30.9 Å². The zero-order valence-corrected chi connectivity index (χ0v) is 14.4. The summed E-state index contributed by atoms with van der Waals surface area (Å²) in [5.74, 6) is -0.191. The second-order valence-electron chi connectivity index (χ2n) is 5.63. The van der Waals surface area contributed by atoms with Gasteiger partial charge in [0.25, 0.3) is 11.8 Å². The number of ether oxygens (including phenoxy) is 2. The zero-order valence-electron chi connectivity index (χ0n) is 14.4. The molecule has 0 saturated carbocycles. The molecule has 2 N–H and O–H groups in total. The van der Waals surface area contributed by atoms with Gasteiger partial charge >= 0.3 is 0 Å². The maximum atomic E-state index is 12.8.